The van der Waals surface area contributed by atoms with Gasteiger partial charge in [0.15, 0.2) is 0 Å². The van der Waals surface area contributed by atoms with E-state index >= 15 is 0 Å². The lowest BCUT2D eigenvalue weighted by atomic mass is 10.2. The predicted octanol–water partition coefficient (Wildman–Crippen LogP) is 3.09. The maximum Gasteiger partial charge on any atom is 0.221 e. The van der Waals surface area contributed by atoms with E-state index in [1.165, 1.54) is 0 Å². The molecular weight excluding hydrogens is 328 g/mol. The van der Waals surface area contributed by atoms with Gasteiger partial charge in [0.25, 0.3) is 0 Å². The van der Waals surface area contributed by atoms with E-state index in [-0.39, 0.29) is 5.91 Å². The Balaban J connectivity index is 1.77. The van der Waals surface area contributed by atoms with E-state index in [4.69, 9.17) is 20.8 Å². The van der Waals surface area contributed by atoms with Gasteiger partial charge in [0, 0.05) is 38.2 Å². The predicted molar refractivity (Wildman–Crippen MR) is 93.8 cm³/mol. The van der Waals surface area contributed by atoms with Gasteiger partial charge >= 0.3 is 0 Å². The summed E-state index contributed by atoms with van der Waals surface area (Å²) in [4.78, 5) is 14.2. The SMILES string of the molecule is COCCN(CCC(=O)NCc1ccccc1Cl)Cc1ccco1. The maximum absolute atomic E-state index is 12.1. The number of carbonyl (C=O) groups is 1. The van der Waals surface area contributed by atoms with Crippen molar-refractivity contribution < 1.29 is 13.9 Å². The van der Waals surface area contributed by atoms with Crippen molar-refractivity contribution in [3.05, 3.63) is 59.0 Å². The topological polar surface area (TPSA) is 54.7 Å². The maximum atomic E-state index is 12.1. The molecule has 0 saturated carbocycles. The molecule has 2 aromatic rings. The van der Waals surface area contributed by atoms with Gasteiger partial charge in [0.05, 0.1) is 19.4 Å². The molecule has 0 aliphatic rings. The monoisotopic (exact) mass is 350 g/mol. The fourth-order valence-electron chi connectivity index (χ4n) is 2.30. The van der Waals surface area contributed by atoms with Crippen molar-refractivity contribution >= 4 is 17.5 Å². The number of hydrogen-bond donors (Lipinski definition) is 1. The van der Waals surface area contributed by atoms with Gasteiger partial charge in [-0.3, -0.25) is 9.69 Å². The molecule has 0 aliphatic heterocycles. The molecule has 1 aromatic carbocycles. The first kappa shape index (κ1) is 18.5. The van der Waals surface area contributed by atoms with Crippen molar-refractivity contribution in [1.82, 2.24) is 10.2 Å². The molecule has 130 valence electrons. The van der Waals surface area contributed by atoms with Crippen LogP contribution in [0.25, 0.3) is 0 Å². The van der Waals surface area contributed by atoms with E-state index in [2.05, 4.69) is 10.2 Å². The zero-order valence-corrected chi connectivity index (χ0v) is 14.6. The van der Waals surface area contributed by atoms with Crippen LogP contribution in [0, 0.1) is 0 Å². The van der Waals surface area contributed by atoms with Gasteiger partial charge in [-0.15, -0.1) is 0 Å². The van der Waals surface area contributed by atoms with Gasteiger partial charge in [-0.05, 0) is 23.8 Å². The second kappa shape index (κ2) is 10.1. The molecule has 0 unspecified atom stereocenters. The van der Waals surface area contributed by atoms with Crippen molar-refractivity contribution in [2.45, 2.75) is 19.5 Å². The Morgan fingerprint density at radius 1 is 1.25 bits per heavy atom. The summed E-state index contributed by atoms with van der Waals surface area (Å²) < 4.78 is 10.5. The molecule has 0 saturated heterocycles. The van der Waals surface area contributed by atoms with Gasteiger partial charge in [0.1, 0.15) is 5.76 Å². The minimum atomic E-state index is -0.00298. The highest BCUT2D eigenvalue weighted by Gasteiger charge is 2.11. The van der Waals surface area contributed by atoms with Crippen LogP contribution in [0.5, 0.6) is 0 Å². The van der Waals surface area contributed by atoms with Gasteiger partial charge in [0.2, 0.25) is 5.91 Å². The molecule has 1 N–H and O–H groups in total. The number of hydrogen-bond acceptors (Lipinski definition) is 4. The number of amides is 1. The minimum absolute atomic E-state index is 0.00298. The van der Waals surface area contributed by atoms with Crippen LogP contribution in [0.2, 0.25) is 5.02 Å². The summed E-state index contributed by atoms with van der Waals surface area (Å²) >= 11 is 6.09. The molecule has 0 fully saturated rings. The Kier molecular flexibility index (Phi) is 7.82. The van der Waals surface area contributed by atoms with Crippen LogP contribution in [0.4, 0.5) is 0 Å². The third kappa shape index (κ3) is 6.35. The Labute approximate surface area is 147 Å². The summed E-state index contributed by atoms with van der Waals surface area (Å²) in [6.07, 6.45) is 2.06. The number of ether oxygens (including phenoxy) is 1. The molecular formula is C18H23ClN2O3. The van der Waals surface area contributed by atoms with Gasteiger partial charge < -0.3 is 14.5 Å². The van der Waals surface area contributed by atoms with Crippen LogP contribution in [0.1, 0.15) is 17.7 Å². The second-order valence-electron chi connectivity index (χ2n) is 5.47. The Bertz CT molecular complexity index is 616. The number of nitrogens with zero attached hydrogens (tertiary/aromatic N) is 1. The summed E-state index contributed by atoms with van der Waals surface area (Å²) in [5, 5.41) is 3.57. The van der Waals surface area contributed by atoms with Crippen molar-refractivity contribution in [1.29, 1.82) is 0 Å². The number of nitrogens with one attached hydrogen (secondary N) is 1. The Morgan fingerprint density at radius 2 is 2.08 bits per heavy atom. The molecule has 0 aliphatic carbocycles. The third-order valence-electron chi connectivity index (χ3n) is 3.66. The molecule has 24 heavy (non-hydrogen) atoms. The normalized spacial score (nSPS) is 11.0. The number of methoxy groups -OCH3 is 1. The number of halogens is 1. The fraction of sp³-hybridized carbons (Fsp3) is 0.389. The van der Waals surface area contributed by atoms with E-state index < -0.39 is 0 Å². The molecule has 0 radical (unpaired) electrons. The first-order chi connectivity index (χ1) is 11.7. The number of benzene rings is 1. The molecule has 1 aromatic heterocycles. The molecule has 1 heterocycles. The number of rotatable bonds is 10. The van der Waals surface area contributed by atoms with E-state index in [1.807, 2.05) is 36.4 Å². The average Bonchev–Trinajstić information content (AvgIpc) is 3.09. The minimum Gasteiger partial charge on any atom is -0.468 e. The first-order valence-corrected chi connectivity index (χ1v) is 8.30. The zero-order valence-electron chi connectivity index (χ0n) is 13.8. The third-order valence-corrected chi connectivity index (χ3v) is 4.03. The van der Waals surface area contributed by atoms with E-state index in [1.54, 1.807) is 13.4 Å². The standard InChI is InChI=1S/C18H23ClN2O3/c1-23-12-10-21(14-16-6-4-11-24-16)9-8-18(22)20-13-15-5-2-3-7-17(15)19/h2-7,11H,8-10,12-14H2,1H3,(H,20,22). The Hall–Kier alpha value is -1.82. The molecule has 6 heteroatoms. The molecule has 0 atom stereocenters. The smallest absolute Gasteiger partial charge is 0.221 e. The molecule has 1 amide bonds. The molecule has 2 rings (SSSR count). The quantitative estimate of drug-likeness (QED) is 0.715. The van der Waals surface area contributed by atoms with E-state index in [9.17, 15) is 4.79 Å². The van der Waals surface area contributed by atoms with E-state index in [0.717, 1.165) is 17.9 Å². The van der Waals surface area contributed by atoms with Gasteiger partial charge in [-0.2, -0.15) is 0 Å². The van der Waals surface area contributed by atoms with Crippen molar-refractivity contribution in [2.75, 3.05) is 26.8 Å². The molecule has 0 spiro atoms. The summed E-state index contributed by atoms with van der Waals surface area (Å²) in [7, 11) is 1.67. The van der Waals surface area contributed by atoms with Crippen LogP contribution in [0.15, 0.2) is 47.1 Å². The van der Waals surface area contributed by atoms with Crippen LogP contribution < -0.4 is 5.32 Å². The number of carbonyl (C=O) groups excluding carboxylic acids is 1. The lowest BCUT2D eigenvalue weighted by molar-refractivity contribution is -0.121. The fourth-order valence-corrected chi connectivity index (χ4v) is 2.50. The Morgan fingerprint density at radius 3 is 2.79 bits per heavy atom. The largest absolute Gasteiger partial charge is 0.468 e. The van der Waals surface area contributed by atoms with Crippen molar-refractivity contribution in [3.8, 4) is 0 Å². The van der Waals surface area contributed by atoms with Crippen molar-refractivity contribution in [3.63, 3.8) is 0 Å². The van der Waals surface area contributed by atoms with Gasteiger partial charge in [-0.1, -0.05) is 29.8 Å². The van der Waals surface area contributed by atoms with Crippen LogP contribution in [-0.2, 0) is 22.6 Å². The number of furan rings is 1. The van der Waals surface area contributed by atoms with Gasteiger partial charge in [-0.25, -0.2) is 0 Å². The molecule has 5 nitrogen and oxygen atoms in total. The van der Waals surface area contributed by atoms with Crippen LogP contribution in [0.3, 0.4) is 0 Å². The lowest BCUT2D eigenvalue weighted by Gasteiger charge is -2.20. The van der Waals surface area contributed by atoms with E-state index in [0.29, 0.717) is 37.7 Å². The highest BCUT2D eigenvalue weighted by atomic mass is 35.5. The summed E-state index contributed by atoms with van der Waals surface area (Å²) in [6.45, 7) is 3.10. The van der Waals surface area contributed by atoms with Crippen LogP contribution >= 0.6 is 11.6 Å². The molecule has 0 bridgehead atoms. The van der Waals surface area contributed by atoms with Crippen molar-refractivity contribution in [2.24, 2.45) is 0 Å². The highest BCUT2D eigenvalue weighted by Crippen LogP contribution is 2.14. The first-order valence-electron chi connectivity index (χ1n) is 7.93. The summed E-state index contributed by atoms with van der Waals surface area (Å²) in [5.41, 5.74) is 0.916. The zero-order chi connectivity index (χ0) is 17.2. The average molecular weight is 351 g/mol. The van der Waals surface area contributed by atoms with Crippen LogP contribution in [-0.4, -0.2) is 37.6 Å². The summed E-state index contributed by atoms with van der Waals surface area (Å²) in [6, 6.07) is 11.3. The lowest BCUT2D eigenvalue weighted by Crippen LogP contribution is -2.32. The second-order valence-corrected chi connectivity index (χ2v) is 5.87. The highest BCUT2D eigenvalue weighted by molar-refractivity contribution is 6.31. The summed E-state index contributed by atoms with van der Waals surface area (Å²) in [5.74, 6) is 0.874.